The van der Waals surface area contributed by atoms with E-state index in [1.165, 1.54) is 0 Å². The Kier molecular flexibility index (Phi) is 2.04. The van der Waals surface area contributed by atoms with E-state index >= 15 is 0 Å². The molecule has 0 saturated heterocycles. The van der Waals surface area contributed by atoms with Gasteiger partial charge in [0.25, 0.3) is 5.91 Å². The summed E-state index contributed by atoms with van der Waals surface area (Å²) in [6, 6.07) is 7.93. The molecule has 1 amide bonds. The number of hydrazine groups is 1. The molecule has 74 valence electrons. The van der Waals surface area contributed by atoms with Crippen LogP contribution in [-0.2, 0) is 0 Å². The van der Waals surface area contributed by atoms with Crippen LogP contribution in [0, 0.1) is 0 Å². The highest BCUT2D eigenvalue weighted by molar-refractivity contribution is 5.98. The molecular weight excluding hydrogens is 176 g/mol. The van der Waals surface area contributed by atoms with Crippen molar-refractivity contribution in [3.63, 3.8) is 0 Å². The van der Waals surface area contributed by atoms with Gasteiger partial charge in [-0.15, -0.1) is 0 Å². The van der Waals surface area contributed by atoms with Crippen LogP contribution in [-0.4, -0.2) is 30.0 Å². The lowest BCUT2D eigenvalue weighted by Gasteiger charge is -2.28. The predicted molar refractivity (Wildman–Crippen MR) is 54.7 cm³/mol. The Hall–Kier alpha value is -1.35. The van der Waals surface area contributed by atoms with Gasteiger partial charge in [-0.25, -0.2) is 5.01 Å². The fourth-order valence-corrected chi connectivity index (χ4v) is 2.02. The minimum atomic E-state index is 0.0955. The Bertz CT molecular complexity index is 373. The van der Waals surface area contributed by atoms with Gasteiger partial charge in [0.15, 0.2) is 0 Å². The van der Waals surface area contributed by atoms with Gasteiger partial charge in [0.1, 0.15) is 0 Å². The normalized spacial score (nSPS) is 20.4. The van der Waals surface area contributed by atoms with Crippen LogP contribution in [0.5, 0.6) is 0 Å². The van der Waals surface area contributed by atoms with Crippen molar-refractivity contribution in [1.29, 1.82) is 0 Å². The van der Waals surface area contributed by atoms with Crippen LogP contribution >= 0.6 is 0 Å². The molecule has 1 heterocycles. The first kappa shape index (κ1) is 9.21. The highest BCUT2D eigenvalue weighted by atomic mass is 16.2. The zero-order chi connectivity index (χ0) is 10.3. The molecule has 0 aromatic heterocycles. The van der Waals surface area contributed by atoms with Gasteiger partial charge in [-0.05, 0) is 18.6 Å². The highest BCUT2D eigenvalue weighted by Gasteiger charge is 2.34. The van der Waals surface area contributed by atoms with E-state index in [1.807, 2.05) is 50.3 Å². The minimum Gasteiger partial charge on any atom is -0.268 e. The van der Waals surface area contributed by atoms with E-state index in [-0.39, 0.29) is 11.9 Å². The predicted octanol–water partition coefficient (Wildman–Crippen LogP) is 1.68. The zero-order valence-electron chi connectivity index (χ0n) is 8.69. The lowest BCUT2D eigenvalue weighted by molar-refractivity contribution is 0.00683. The summed E-state index contributed by atoms with van der Waals surface area (Å²) in [5.41, 5.74) is 1.94. The van der Waals surface area contributed by atoms with Gasteiger partial charge in [0.05, 0.1) is 6.04 Å². The summed E-state index contributed by atoms with van der Waals surface area (Å²) < 4.78 is 0. The van der Waals surface area contributed by atoms with Gasteiger partial charge in [0, 0.05) is 19.7 Å². The standard InChI is InChI=1S/C11H14N2O/c1-8-9-6-4-5-7-10(9)11(14)13(8)12(2)3/h4-8H,1-3H3. The molecule has 2 rings (SSSR count). The van der Waals surface area contributed by atoms with Crippen molar-refractivity contribution < 1.29 is 4.79 Å². The second-order valence-corrected chi connectivity index (χ2v) is 3.76. The van der Waals surface area contributed by atoms with E-state index in [1.54, 1.807) is 5.01 Å². The van der Waals surface area contributed by atoms with E-state index in [2.05, 4.69) is 0 Å². The maximum atomic E-state index is 11.9. The SMILES string of the molecule is CC1c2ccccc2C(=O)N1N(C)C. The number of carbonyl (C=O) groups excluding carboxylic acids is 1. The third-order valence-electron chi connectivity index (χ3n) is 2.65. The monoisotopic (exact) mass is 190 g/mol. The molecule has 1 aromatic carbocycles. The van der Waals surface area contributed by atoms with Gasteiger partial charge < -0.3 is 0 Å². The molecule has 1 aliphatic heterocycles. The van der Waals surface area contributed by atoms with Crippen molar-refractivity contribution in [3.05, 3.63) is 35.4 Å². The Labute approximate surface area is 83.9 Å². The molecule has 0 saturated carbocycles. The van der Waals surface area contributed by atoms with E-state index in [4.69, 9.17) is 0 Å². The van der Waals surface area contributed by atoms with Crippen molar-refractivity contribution in [1.82, 2.24) is 10.0 Å². The van der Waals surface area contributed by atoms with Crippen molar-refractivity contribution >= 4 is 5.91 Å². The Balaban J connectivity index is 2.48. The van der Waals surface area contributed by atoms with Crippen LogP contribution < -0.4 is 0 Å². The molecule has 3 nitrogen and oxygen atoms in total. The Morgan fingerprint density at radius 1 is 1.29 bits per heavy atom. The first-order valence-corrected chi connectivity index (χ1v) is 4.72. The molecule has 1 unspecified atom stereocenters. The number of nitrogens with zero attached hydrogens (tertiary/aromatic N) is 2. The van der Waals surface area contributed by atoms with Crippen LogP contribution in [0.15, 0.2) is 24.3 Å². The van der Waals surface area contributed by atoms with Gasteiger partial charge in [-0.2, -0.15) is 0 Å². The lowest BCUT2D eigenvalue weighted by Crippen LogP contribution is -2.38. The average Bonchev–Trinajstić information content (AvgIpc) is 2.41. The van der Waals surface area contributed by atoms with E-state index in [0.717, 1.165) is 11.1 Å². The summed E-state index contributed by atoms with van der Waals surface area (Å²) >= 11 is 0. The number of amides is 1. The van der Waals surface area contributed by atoms with E-state index in [0.29, 0.717) is 0 Å². The fourth-order valence-electron chi connectivity index (χ4n) is 2.02. The summed E-state index contributed by atoms with van der Waals surface area (Å²) in [4.78, 5) is 11.9. The summed E-state index contributed by atoms with van der Waals surface area (Å²) in [7, 11) is 3.78. The van der Waals surface area contributed by atoms with Crippen molar-refractivity contribution in [2.75, 3.05) is 14.1 Å². The number of rotatable bonds is 1. The van der Waals surface area contributed by atoms with E-state index in [9.17, 15) is 4.79 Å². The molecule has 0 radical (unpaired) electrons. The van der Waals surface area contributed by atoms with Crippen molar-refractivity contribution in [2.24, 2.45) is 0 Å². The first-order chi connectivity index (χ1) is 6.63. The third kappa shape index (κ3) is 1.13. The molecular formula is C11H14N2O. The topological polar surface area (TPSA) is 23.6 Å². The summed E-state index contributed by atoms with van der Waals surface area (Å²) in [5, 5.41) is 3.61. The molecule has 0 bridgehead atoms. The lowest BCUT2D eigenvalue weighted by atomic mass is 10.1. The second-order valence-electron chi connectivity index (χ2n) is 3.76. The molecule has 1 aliphatic rings. The molecule has 0 spiro atoms. The maximum Gasteiger partial charge on any atom is 0.269 e. The summed E-state index contributed by atoms with van der Waals surface area (Å²) in [6.07, 6.45) is 0. The smallest absolute Gasteiger partial charge is 0.268 e. The minimum absolute atomic E-state index is 0.0955. The number of carbonyl (C=O) groups is 1. The van der Waals surface area contributed by atoms with E-state index < -0.39 is 0 Å². The average molecular weight is 190 g/mol. The van der Waals surface area contributed by atoms with Gasteiger partial charge >= 0.3 is 0 Å². The van der Waals surface area contributed by atoms with Gasteiger partial charge in [-0.1, -0.05) is 18.2 Å². The van der Waals surface area contributed by atoms with Gasteiger partial charge in [0.2, 0.25) is 0 Å². The van der Waals surface area contributed by atoms with Crippen molar-refractivity contribution in [3.8, 4) is 0 Å². The molecule has 1 atom stereocenters. The second kappa shape index (κ2) is 3.10. The molecule has 1 aromatic rings. The molecule has 14 heavy (non-hydrogen) atoms. The van der Waals surface area contributed by atoms with Crippen LogP contribution in [0.25, 0.3) is 0 Å². The van der Waals surface area contributed by atoms with Crippen LogP contribution in [0.4, 0.5) is 0 Å². The molecule has 0 N–H and O–H groups in total. The van der Waals surface area contributed by atoms with Crippen LogP contribution in [0.1, 0.15) is 28.9 Å². The third-order valence-corrected chi connectivity index (χ3v) is 2.65. The maximum absolute atomic E-state index is 11.9. The largest absolute Gasteiger partial charge is 0.269 e. The van der Waals surface area contributed by atoms with Crippen molar-refractivity contribution in [2.45, 2.75) is 13.0 Å². The quantitative estimate of drug-likeness (QED) is 0.672. The summed E-state index contributed by atoms with van der Waals surface area (Å²) in [5.74, 6) is 0.0955. The number of fused-ring (bicyclic) bond motifs is 1. The fraction of sp³-hybridized carbons (Fsp3) is 0.364. The highest BCUT2D eigenvalue weighted by Crippen LogP contribution is 2.32. The zero-order valence-corrected chi connectivity index (χ0v) is 8.69. The first-order valence-electron chi connectivity index (χ1n) is 4.72. The Morgan fingerprint density at radius 3 is 2.50 bits per heavy atom. The number of hydrogen-bond donors (Lipinski definition) is 0. The molecule has 3 heteroatoms. The molecule has 0 fully saturated rings. The van der Waals surface area contributed by atoms with Crippen LogP contribution in [0.2, 0.25) is 0 Å². The van der Waals surface area contributed by atoms with Gasteiger partial charge in [-0.3, -0.25) is 9.80 Å². The van der Waals surface area contributed by atoms with Crippen LogP contribution in [0.3, 0.4) is 0 Å². The number of hydrogen-bond acceptors (Lipinski definition) is 2. The molecule has 0 aliphatic carbocycles. The number of benzene rings is 1. The summed E-state index contributed by atoms with van der Waals surface area (Å²) in [6.45, 7) is 2.05. The Morgan fingerprint density at radius 2 is 1.93 bits per heavy atom.